The third-order valence-corrected chi connectivity index (χ3v) is 4.02. The smallest absolute Gasteiger partial charge is 0.122 e. The quantitative estimate of drug-likeness (QED) is 0.820. The molecule has 1 aromatic rings. The molecular weight excluding hydrogens is 236 g/mol. The molecule has 1 unspecified atom stereocenters. The lowest BCUT2D eigenvalue weighted by atomic mass is 10.1. The van der Waals surface area contributed by atoms with Gasteiger partial charge in [0.25, 0.3) is 0 Å². The zero-order chi connectivity index (χ0) is 13.8. The highest BCUT2D eigenvalue weighted by atomic mass is 16.5. The number of likely N-dealkylation sites (N-methyl/N-ethyl adjacent to an activating group) is 1. The molecule has 3 nitrogen and oxygen atoms in total. The second kappa shape index (κ2) is 6.40. The van der Waals surface area contributed by atoms with Crippen molar-refractivity contribution in [3.8, 4) is 5.75 Å². The number of hydrogen-bond donors (Lipinski definition) is 1. The molecule has 19 heavy (non-hydrogen) atoms. The summed E-state index contributed by atoms with van der Waals surface area (Å²) in [4.78, 5) is 2.35. The highest BCUT2D eigenvalue weighted by molar-refractivity contribution is 5.35. The Hall–Kier alpha value is -1.06. The number of rotatable bonds is 7. The second-order valence-electron chi connectivity index (χ2n) is 5.74. The van der Waals surface area contributed by atoms with Crippen LogP contribution in [0.15, 0.2) is 18.2 Å². The number of nitrogens with zero attached hydrogens (tertiary/aromatic N) is 1. The van der Waals surface area contributed by atoms with Crippen molar-refractivity contribution in [2.75, 3.05) is 26.7 Å². The molecule has 1 aliphatic carbocycles. The molecule has 0 saturated heterocycles. The van der Waals surface area contributed by atoms with Gasteiger partial charge in [-0.2, -0.15) is 0 Å². The summed E-state index contributed by atoms with van der Waals surface area (Å²) in [7, 11) is 2.16. The summed E-state index contributed by atoms with van der Waals surface area (Å²) in [5.41, 5.74) is 8.30. The lowest BCUT2D eigenvalue weighted by molar-refractivity contribution is 0.179. The van der Waals surface area contributed by atoms with Crippen LogP contribution >= 0.6 is 0 Å². The van der Waals surface area contributed by atoms with Gasteiger partial charge in [0.2, 0.25) is 0 Å². The Kier molecular flexibility index (Phi) is 4.83. The van der Waals surface area contributed by atoms with Crippen LogP contribution in [-0.2, 0) is 0 Å². The van der Waals surface area contributed by atoms with Gasteiger partial charge < -0.3 is 10.5 Å². The average Bonchev–Trinajstić information content (AvgIpc) is 3.19. The minimum Gasteiger partial charge on any atom is -0.492 e. The van der Waals surface area contributed by atoms with Crippen LogP contribution in [0.3, 0.4) is 0 Å². The molecule has 0 heterocycles. The number of benzene rings is 1. The molecular formula is C16H26N2O. The molecule has 1 atom stereocenters. The van der Waals surface area contributed by atoms with Crippen LogP contribution in [0, 0.1) is 19.8 Å². The van der Waals surface area contributed by atoms with Crippen LogP contribution in [0.2, 0.25) is 0 Å². The molecule has 0 aliphatic heterocycles. The SMILES string of the molecule is Cc1ccc(C)c(OCCN(C)C(CN)C2CC2)c1. The van der Waals surface area contributed by atoms with E-state index in [4.69, 9.17) is 10.5 Å². The van der Waals surface area contributed by atoms with E-state index < -0.39 is 0 Å². The number of ether oxygens (including phenoxy) is 1. The van der Waals surface area contributed by atoms with E-state index in [0.717, 1.165) is 31.4 Å². The Morgan fingerprint density at radius 2 is 2.11 bits per heavy atom. The van der Waals surface area contributed by atoms with E-state index in [-0.39, 0.29) is 0 Å². The normalized spacial score (nSPS) is 16.7. The summed E-state index contributed by atoms with van der Waals surface area (Å²) in [5, 5.41) is 0. The molecule has 2 rings (SSSR count). The van der Waals surface area contributed by atoms with Gasteiger partial charge in [0.1, 0.15) is 12.4 Å². The van der Waals surface area contributed by atoms with Crippen molar-refractivity contribution in [2.24, 2.45) is 11.7 Å². The van der Waals surface area contributed by atoms with Crippen LogP contribution in [-0.4, -0.2) is 37.7 Å². The first-order chi connectivity index (χ1) is 9.11. The van der Waals surface area contributed by atoms with Gasteiger partial charge >= 0.3 is 0 Å². The van der Waals surface area contributed by atoms with E-state index >= 15 is 0 Å². The fourth-order valence-electron chi connectivity index (χ4n) is 2.54. The van der Waals surface area contributed by atoms with Crippen LogP contribution in [0.4, 0.5) is 0 Å². The highest BCUT2D eigenvalue weighted by Gasteiger charge is 2.32. The van der Waals surface area contributed by atoms with Crippen molar-refractivity contribution in [3.05, 3.63) is 29.3 Å². The predicted octanol–water partition coefficient (Wildman–Crippen LogP) is 2.35. The van der Waals surface area contributed by atoms with E-state index in [1.54, 1.807) is 0 Å². The zero-order valence-corrected chi connectivity index (χ0v) is 12.4. The molecule has 0 amide bonds. The van der Waals surface area contributed by atoms with Crippen molar-refractivity contribution in [2.45, 2.75) is 32.7 Å². The number of aryl methyl sites for hydroxylation is 2. The molecule has 0 spiro atoms. The molecule has 0 bridgehead atoms. The first kappa shape index (κ1) is 14.4. The summed E-state index contributed by atoms with van der Waals surface area (Å²) < 4.78 is 5.90. The van der Waals surface area contributed by atoms with E-state index in [1.165, 1.54) is 24.0 Å². The van der Waals surface area contributed by atoms with Crippen molar-refractivity contribution in [1.29, 1.82) is 0 Å². The maximum absolute atomic E-state index is 5.90. The second-order valence-corrected chi connectivity index (χ2v) is 5.74. The van der Waals surface area contributed by atoms with Crippen LogP contribution in [0.5, 0.6) is 5.75 Å². The molecule has 106 valence electrons. The number of hydrogen-bond acceptors (Lipinski definition) is 3. The van der Waals surface area contributed by atoms with Crippen LogP contribution in [0.1, 0.15) is 24.0 Å². The Bertz CT molecular complexity index is 415. The van der Waals surface area contributed by atoms with Gasteiger partial charge in [-0.15, -0.1) is 0 Å². The fraction of sp³-hybridized carbons (Fsp3) is 0.625. The molecule has 1 saturated carbocycles. The summed E-state index contributed by atoms with van der Waals surface area (Å²) in [6.45, 7) is 6.60. The van der Waals surface area contributed by atoms with Crippen molar-refractivity contribution in [3.63, 3.8) is 0 Å². The Labute approximate surface area is 116 Å². The molecule has 0 aromatic heterocycles. The Morgan fingerprint density at radius 1 is 1.37 bits per heavy atom. The van der Waals surface area contributed by atoms with Gasteiger partial charge in [0.05, 0.1) is 0 Å². The van der Waals surface area contributed by atoms with Gasteiger partial charge in [-0.1, -0.05) is 12.1 Å². The van der Waals surface area contributed by atoms with E-state index in [2.05, 4.69) is 44.0 Å². The number of nitrogens with two attached hydrogens (primary N) is 1. The van der Waals surface area contributed by atoms with E-state index in [0.29, 0.717) is 6.04 Å². The fourth-order valence-corrected chi connectivity index (χ4v) is 2.54. The molecule has 1 aromatic carbocycles. The van der Waals surface area contributed by atoms with Gasteiger partial charge in [0, 0.05) is 19.1 Å². The Morgan fingerprint density at radius 3 is 2.74 bits per heavy atom. The summed E-state index contributed by atoms with van der Waals surface area (Å²) in [5.74, 6) is 1.82. The highest BCUT2D eigenvalue weighted by Crippen LogP contribution is 2.34. The Balaban J connectivity index is 1.80. The van der Waals surface area contributed by atoms with E-state index in [1.807, 2.05) is 0 Å². The van der Waals surface area contributed by atoms with Crippen molar-refractivity contribution >= 4 is 0 Å². The minimum absolute atomic E-state index is 0.530. The molecule has 0 radical (unpaired) electrons. The summed E-state index contributed by atoms with van der Waals surface area (Å²) >= 11 is 0. The van der Waals surface area contributed by atoms with Gasteiger partial charge in [-0.25, -0.2) is 0 Å². The van der Waals surface area contributed by atoms with Crippen LogP contribution < -0.4 is 10.5 Å². The van der Waals surface area contributed by atoms with Crippen molar-refractivity contribution < 1.29 is 4.74 Å². The maximum atomic E-state index is 5.90. The first-order valence-electron chi connectivity index (χ1n) is 7.22. The largest absolute Gasteiger partial charge is 0.492 e. The standard InChI is InChI=1S/C16H26N2O/c1-12-4-5-13(2)16(10-12)19-9-8-18(3)15(11-17)14-6-7-14/h4-5,10,14-15H,6-9,11,17H2,1-3H3. The summed E-state index contributed by atoms with van der Waals surface area (Å²) in [6, 6.07) is 6.87. The van der Waals surface area contributed by atoms with Crippen LogP contribution in [0.25, 0.3) is 0 Å². The van der Waals surface area contributed by atoms with E-state index in [9.17, 15) is 0 Å². The van der Waals surface area contributed by atoms with Crippen molar-refractivity contribution in [1.82, 2.24) is 4.90 Å². The third-order valence-electron chi connectivity index (χ3n) is 4.02. The maximum Gasteiger partial charge on any atom is 0.122 e. The summed E-state index contributed by atoms with van der Waals surface area (Å²) in [6.07, 6.45) is 2.67. The molecule has 3 heteroatoms. The van der Waals surface area contributed by atoms with Gasteiger partial charge in [-0.3, -0.25) is 4.90 Å². The monoisotopic (exact) mass is 262 g/mol. The minimum atomic E-state index is 0.530. The molecule has 1 fully saturated rings. The first-order valence-corrected chi connectivity index (χ1v) is 7.22. The molecule has 2 N–H and O–H groups in total. The average molecular weight is 262 g/mol. The third kappa shape index (κ3) is 3.95. The van der Waals surface area contributed by atoms with Gasteiger partial charge in [0.15, 0.2) is 0 Å². The topological polar surface area (TPSA) is 38.5 Å². The van der Waals surface area contributed by atoms with Gasteiger partial charge in [-0.05, 0) is 56.8 Å². The lowest BCUT2D eigenvalue weighted by Gasteiger charge is -2.26. The molecule has 1 aliphatic rings. The zero-order valence-electron chi connectivity index (χ0n) is 12.4. The predicted molar refractivity (Wildman–Crippen MR) is 79.6 cm³/mol. The lowest BCUT2D eigenvalue weighted by Crippen LogP contribution is -2.41.